The molecule has 0 spiro atoms. The van der Waals surface area contributed by atoms with Gasteiger partial charge in [-0.25, -0.2) is 9.48 Å². The van der Waals surface area contributed by atoms with Crippen LogP contribution in [0.15, 0.2) is 53.3 Å². The highest BCUT2D eigenvalue weighted by Gasteiger charge is 2.13. The Bertz CT molecular complexity index is 1220. The molecule has 0 N–H and O–H groups in total. The third-order valence-electron chi connectivity index (χ3n) is 4.81. The monoisotopic (exact) mass is 390 g/mol. The van der Waals surface area contributed by atoms with Crippen molar-refractivity contribution in [1.29, 1.82) is 0 Å². The second-order valence-corrected chi connectivity index (χ2v) is 6.99. The van der Waals surface area contributed by atoms with Gasteiger partial charge in [-0.3, -0.25) is 0 Å². The van der Waals surface area contributed by atoms with Crippen LogP contribution in [0.3, 0.4) is 0 Å². The minimum Gasteiger partial charge on any atom is -0.489 e. The van der Waals surface area contributed by atoms with Crippen LogP contribution in [0.2, 0.25) is 0 Å². The van der Waals surface area contributed by atoms with Gasteiger partial charge in [0.1, 0.15) is 12.4 Å². The van der Waals surface area contributed by atoms with Gasteiger partial charge in [-0.1, -0.05) is 12.1 Å². The number of hydrogen-bond donors (Lipinski definition) is 0. The van der Waals surface area contributed by atoms with Crippen molar-refractivity contribution in [2.75, 3.05) is 0 Å². The quantitative estimate of drug-likeness (QED) is 0.523. The number of nitrogens with zero attached hydrogens (tertiary/aromatic N) is 6. The SMILES string of the molecule is Cc1cc(C)n(-c2ccc(OCc3c(C)cccc3-n3nnn(C)c3=O)cc2)n1. The van der Waals surface area contributed by atoms with Gasteiger partial charge in [-0.05, 0) is 73.2 Å². The molecule has 0 aliphatic heterocycles. The summed E-state index contributed by atoms with van der Waals surface area (Å²) >= 11 is 0. The number of rotatable bonds is 5. The van der Waals surface area contributed by atoms with Crippen LogP contribution in [0.25, 0.3) is 11.4 Å². The first-order chi connectivity index (χ1) is 13.9. The summed E-state index contributed by atoms with van der Waals surface area (Å²) in [6, 6.07) is 15.5. The molecule has 0 saturated carbocycles. The maximum atomic E-state index is 12.3. The van der Waals surface area contributed by atoms with Gasteiger partial charge in [0, 0.05) is 18.3 Å². The summed E-state index contributed by atoms with van der Waals surface area (Å²) in [5, 5.41) is 12.2. The van der Waals surface area contributed by atoms with Crippen LogP contribution in [-0.2, 0) is 13.7 Å². The van der Waals surface area contributed by atoms with Gasteiger partial charge in [-0.2, -0.15) is 14.5 Å². The molecule has 2 aromatic carbocycles. The molecule has 0 saturated heterocycles. The topological polar surface area (TPSA) is 79.8 Å². The molecule has 2 aromatic heterocycles. The lowest BCUT2D eigenvalue weighted by Gasteiger charge is -2.13. The summed E-state index contributed by atoms with van der Waals surface area (Å²) in [6.45, 7) is 6.29. The Morgan fingerprint density at radius 3 is 2.34 bits per heavy atom. The van der Waals surface area contributed by atoms with Crippen molar-refractivity contribution in [3.63, 3.8) is 0 Å². The highest BCUT2D eigenvalue weighted by molar-refractivity contribution is 5.45. The normalized spacial score (nSPS) is 11.0. The highest BCUT2D eigenvalue weighted by atomic mass is 16.5. The average Bonchev–Trinajstić information content (AvgIpc) is 3.22. The van der Waals surface area contributed by atoms with E-state index < -0.39 is 0 Å². The molecule has 0 unspecified atom stereocenters. The van der Waals surface area contributed by atoms with E-state index in [-0.39, 0.29) is 5.69 Å². The summed E-state index contributed by atoms with van der Waals surface area (Å²) < 4.78 is 10.4. The van der Waals surface area contributed by atoms with Crippen LogP contribution in [0.4, 0.5) is 0 Å². The summed E-state index contributed by atoms with van der Waals surface area (Å²) in [6.07, 6.45) is 0. The number of aryl methyl sites for hydroxylation is 4. The van der Waals surface area contributed by atoms with Crippen LogP contribution in [0.1, 0.15) is 22.5 Å². The Kier molecular flexibility index (Phi) is 4.75. The Hall–Kier alpha value is -3.68. The Morgan fingerprint density at radius 2 is 1.72 bits per heavy atom. The fourth-order valence-electron chi connectivity index (χ4n) is 3.27. The van der Waals surface area contributed by atoms with Gasteiger partial charge in [0.15, 0.2) is 0 Å². The molecule has 8 heteroatoms. The van der Waals surface area contributed by atoms with Crippen molar-refractivity contribution in [3.8, 4) is 17.1 Å². The molecule has 4 aromatic rings. The number of aromatic nitrogens is 6. The zero-order chi connectivity index (χ0) is 20.5. The van der Waals surface area contributed by atoms with Gasteiger partial charge in [0.25, 0.3) is 0 Å². The molecule has 29 heavy (non-hydrogen) atoms. The Morgan fingerprint density at radius 1 is 0.966 bits per heavy atom. The predicted molar refractivity (Wildman–Crippen MR) is 109 cm³/mol. The number of tetrazole rings is 1. The van der Waals surface area contributed by atoms with Crippen molar-refractivity contribution < 1.29 is 4.74 Å². The number of ether oxygens (including phenoxy) is 1. The van der Waals surface area contributed by atoms with E-state index in [1.165, 1.54) is 9.36 Å². The first-order valence-corrected chi connectivity index (χ1v) is 9.28. The van der Waals surface area contributed by atoms with Crippen molar-refractivity contribution in [1.82, 2.24) is 29.6 Å². The van der Waals surface area contributed by atoms with Crippen LogP contribution in [0.5, 0.6) is 5.75 Å². The summed E-state index contributed by atoms with van der Waals surface area (Å²) in [5.74, 6) is 0.732. The molecule has 0 bridgehead atoms. The second kappa shape index (κ2) is 7.38. The third kappa shape index (κ3) is 3.56. The molecule has 0 atom stereocenters. The molecule has 4 rings (SSSR count). The fourth-order valence-corrected chi connectivity index (χ4v) is 3.27. The zero-order valence-corrected chi connectivity index (χ0v) is 16.8. The molecular formula is C21H22N6O2. The maximum absolute atomic E-state index is 12.3. The van der Waals surface area contributed by atoms with E-state index in [2.05, 4.69) is 15.5 Å². The van der Waals surface area contributed by atoms with E-state index in [4.69, 9.17) is 4.74 Å². The maximum Gasteiger partial charge on any atom is 0.368 e. The molecule has 2 heterocycles. The van der Waals surface area contributed by atoms with Gasteiger partial charge >= 0.3 is 5.69 Å². The van der Waals surface area contributed by atoms with Crippen LogP contribution in [0, 0.1) is 20.8 Å². The lowest BCUT2D eigenvalue weighted by Crippen LogP contribution is -2.23. The number of hydrogen-bond acceptors (Lipinski definition) is 5. The minimum absolute atomic E-state index is 0.300. The van der Waals surface area contributed by atoms with E-state index in [9.17, 15) is 4.79 Å². The van der Waals surface area contributed by atoms with Crippen molar-refractivity contribution in [2.24, 2.45) is 7.05 Å². The first kappa shape index (κ1) is 18.7. The van der Waals surface area contributed by atoms with E-state index in [1.54, 1.807) is 7.05 Å². The standard InChI is InChI=1S/C21H22N6O2/c1-14-6-5-7-20(27-21(28)25(4)23-24-27)19(14)13-29-18-10-8-17(9-11-18)26-16(3)12-15(2)22-26/h5-12H,13H2,1-4H3. The Labute approximate surface area is 168 Å². The van der Waals surface area contributed by atoms with Crippen LogP contribution >= 0.6 is 0 Å². The van der Waals surface area contributed by atoms with E-state index in [0.717, 1.165) is 34.0 Å². The molecular weight excluding hydrogens is 368 g/mol. The minimum atomic E-state index is -0.300. The van der Waals surface area contributed by atoms with Crippen molar-refractivity contribution in [2.45, 2.75) is 27.4 Å². The summed E-state index contributed by atoms with van der Waals surface area (Å²) in [5.41, 5.74) is 5.31. The first-order valence-electron chi connectivity index (χ1n) is 9.28. The van der Waals surface area contributed by atoms with E-state index in [0.29, 0.717) is 12.3 Å². The third-order valence-corrected chi connectivity index (χ3v) is 4.81. The predicted octanol–water partition coefficient (Wildman–Crippen LogP) is 2.66. The highest BCUT2D eigenvalue weighted by Crippen LogP contribution is 2.21. The van der Waals surface area contributed by atoms with E-state index >= 15 is 0 Å². The fraction of sp³-hybridized carbons (Fsp3) is 0.238. The van der Waals surface area contributed by atoms with Gasteiger partial charge in [0.2, 0.25) is 0 Å². The van der Waals surface area contributed by atoms with Crippen molar-refractivity contribution in [3.05, 3.63) is 81.5 Å². The van der Waals surface area contributed by atoms with Gasteiger partial charge in [0.05, 0.1) is 17.1 Å². The lowest BCUT2D eigenvalue weighted by molar-refractivity contribution is 0.304. The molecule has 148 valence electrons. The van der Waals surface area contributed by atoms with Crippen LogP contribution in [-0.4, -0.2) is 29.6 Å². The van der Waals surface area contributed by atoms with Crippen LogP contribution < -0.4 is 10.4 Å². The summed E-state index contributed by atoms with van der Waals surface area (Å²) in [4.78, 5) is 12.3. The molecule has 0 aliphatic carbocycles. The van der Waals surface area contributed by atoms with Gasteiger partial charge in [-0.15, -0.1) is 0 Å². The molecule has 0 aliphatic rings. The number of benzene rings is 2. The average molecular weight is 390 g/mol. The van der Waals surface area contributed by atoms with Gasteiger partial charge < -0.3 is 4.74 Å². The zero-order valence-electron chi connectivity index (χ0n) is 16.8. The molecule has 8 nitrogen and oxygen atoms in total. The molecule has 0 radical (unpaired) electrons. The van der Waals surface area contributed by atoms with Crippen molar-refractivity contribution >= 4 is 0 Å². The molecule has 0 fully saturated rings. The Balaban J connectivity index is 1.58. The smallest absolute Gasteiger partial charge is 0.368 e. The summed E-state index contributed by atoms with van der Waals surface area (Å²) in [7, 11) is 1.57. The van der Waals surface area contributed by atoms with E-state index in [1.807, 2.05) is 74.0 Å². The largest absolute Gasteiger partial charge is 0.489 e. The second-order valence-electron chi connectivity index (χ2n) is 6.99. The lowest BCUT2D eigenvalue weighted by atomic mass is 10.1. The molecule has 0 amide bonds.